The zero-order valence-electron chi connectivity index (χ0n) is 12.0. The fourth-order valence-corrected chi connectivity index (χ4v) is 3.35. The van der Waals surface area contributed by atoms with Crippen LogP contribution in [0.25, 0.3) is 0 Å². The van der Waals surface area contributed by atoms with E-state index in [2.05, 4.69) is 21.2 Å². The van der Waals surface area contributed by atoms with Crippen molar-refractivity contribution in [2.45, 2.75) is 45.2 Å². The molecule has 1 heterocycles. The first-order valence-corrected chi connectivity index (χ1v) is 8.25. The molecular formula is C15H18BrClN2O2. The summed E-state index contributed by atoms with van der Waals surface area (Å²) in [5.74, 6) is -0.206. The van der Waals surface area contributed by atoms with Gasteiger partial charge in [0, 0.05) is 4.47 Å². The Bertz CT molecular complexity index is 565. The van der Waals surface area contributed by atoms with E-state index < -0.39 is 12.1 Å². The molecule has 1 N–H and O–H groups in total. The first-order chi connectivity index (χ1) is 9.99. The van der Waals surface area contributed by atoms with Crippen LogP contribution in [0.1, 0.15) is 33.1 Å². The highest BCUT2D eigenvalue weighted by Crippen LogP contribution is 2.33. The molecule has 2 rings (SSSR count). The Morgan fingerprint density at radius 2 is 2.05 bits per heavy atom. The Kier molecular flexibility index (Phi) is 5.27. The second kappa shape index (κ2) is 6.79. The molecule has 0 bridgehead atoms. The van der Waals surface area contributed by atoms with Crippen LogP contribution in [0.3, 0.4) is 0 Å². The number of halogens is 2. The third-order valence-corrected chi connectivity index (χ3v) is 4.40. The Hall–Kier alpha value is -1.07. The molecule has 0 radical (unpaired) electrons. The van der Waals surface area contributed by atoms with Gasteiger partial charge >= 0.3 is 0 Å². The molecule has 1 aliphatic heterocycles. The molecule has 0 aromatic heterocycles. The molecule has 114 valence electrons. The summed E-state index contributed by atoms with van der Waals surface area (Å²) in [6, 6.07) is 4.35. The maximum Gasteiger partial charge on any atom is 0.250 e. The minimum absolute atomic E-state index is 0.0903. The number of amides is 2. The van der Waals surface area contributed by atoms with Crippen molar-refractivity contribution in [2.75, 3.05) is 4.90 Å². The van der Waals surface area contributed by atoms with Crippen LogP contribution in [0.4, 0.5) is 5.69 Å². The van der Waals surface area contributed by atoms with Crippen molar-refractivity contribution in [3.05, 3.63) is 27.7 Å². The Morgan fingerprint density at radius 3 is 2.62 bits per heavy atom. The predicted octanol–water partition coefficient (Wildman–Crippen LogP) is 3.51. The summed E-state index contributed by atoms with van der Waals surface area (Å²) >= 11 is 9.62. The molecule has 4 nitrogen and oxygen atoms in total. The molecule has 1 aromatic rings. The van der Waals surface area contributed by atoms with Gasteiger partial charge in [0.1, 0.15) is 12.1 Å². The molecule has 6 heteroatoms. The van der Waals surface area contributed by atoms with Gasteiger partial charge < -0.3 is 5.32 Å². The lowest BCUT2D eigenvalue weighted by Gasteiger charge is -2.39. The van der Waals surface area contributed by atoms with E-state index >= 15 is 0 Å². The van der Waals surface area contributed by atoms with Crippen LogP contribution in [0.2, 0.25) is 5.02 Å². The highest BCUT2D eigenvalue weighted by atomic mass is 79.9. The van der Waals surface area contributed by atoms with Gasteiger partial charge in [0.25, 0.3) is 0 Å². The van der Waals surface area contributed by atoms with Gasteiger partial charge in [-0.2, -0.15) is 0 Å². The molecule has 1 fully saturated rings. The van der Waals surface area contributed by atoms with Gasteiger partial charge in [-0.05, 0) is 31.0 Å². The van der Waals surface area contributed by atoms with Crippen LogP contribution >= 0.6 is 27.5 Å². The van der Waals surface area contributed by atoms with Crippen molar-refractivity contribution in [1.29, 1.82) is 0 Å². The zero-order valence-corrected chi connectivity index (χ0v) is 14.4. The van der Waals surface area contributed by atoms with E-state index in [0.717, 1.165) is 10.9 Å². The van der Waals surface area contributed by atoms with Crippen LogP contribution in [0, 0.1) is 0 Å². The number of anilines is 1. The number of hydrogen-bond donors (Lipinski definition) is 1. The highest BCUT2D eigenvalue weighted by Gasteiger charge is 2.40. The molecule has 21 heavy (non-hydrogen) atoms. The van der Waals surface area contributed by atoms with Gasteiger partial charge in [0.05, 0.1) is 10.7 Å². The smallest absolute Gasteiger partial charge is 0.250 e. The molecule has 0 spiro atoms. The molecule has 1 saturated heterocycles. The Balaban J connectivity index is 2.44. The Labute approximate surface area is 138 Å². The second-order valence-corrected chi connectivity index (χ2v) is 6.40. The van der Waals surface area contributed by atoms with Crippen LogP contribution in [-0.2, 0) is 9.59 Å². The van der Waals surface area contributed by atoms with Gasteiger partial charge in [0.15, 0.2) is 0 Å². The third-order valence-electron chi connectivity index (χ3n) is 3.60. The largest absolute Gasteiger partial charge is 0.342 e. The van der Waals surface area contributed by atoms with Crippen molar-refractivity contribution >= 4 is 45.0 Å². The maximum absolute atomic E-state index is 12.7. The van der Waals surface area contributed by atoms with Gasteiger partial charge in [-0.1, -0.05) is 47.8 Å². The molecule has 0 aliphatic carbocycles. The summed E-state index contributed by atoms with van der Waals surface area (Å²) in [4.78, 5) is 26.5. The molecule has 2 amide bonds. The fourth-order valence-electron chi connectivity index (χ4n) is 2.58. The van der Waals surface area contributed by atoms with Crippen molar-refractivity contribution in [3.8, 4) is 0 Å². The topological polar surface area (TPSA) is 49.4 Å². The van der Waals surface area contributed by atoms with Crippen molar-refractivity contribution in [1.82, 2.24) is 5.32 Å². The SMILES string of the molecule is CCCC1NC(=O)C(CC)N(c2ccc(Br)cc2Cl)C1=O. The number of carbonyl (C=O) groups excluding carboxylic acids is 2. The van der Waals surface area contributed by atoms with Gasteiger partial charge in [-0.15, -0.1) is 0 Å². The third kappa shape index (κ3) is 3.24. The average molecular weight is 374 g/mol. The minimum Gasteiger partial charge on any atom is -0.342 e. The summed E-state index contributed by atoms with van der Waals surface area (Å²) in [6.07, 6.45) is 2.00. The van der Waals surface area contributed by atoms with Gasteiger partial charge in [-0.25, -0.2) is 0 Å². The summed E-state index contributed by atoms with van der Waals surface area (Å²) in [5.41, 5.74) is 0.590. The normalized spacial score (nSPS) is 22.4. The first-order valence-electron chi connectivity index (χ1n) is 7.08. The van der Waals surface area contributed by atoms with E-state index in [-0.39, 0.29) is 11.8 Å². The number of benzene rings is 1. The first kappa shape index (κ1) is 16.3. The monoisotopic (exact) mass is 372 g/mol. The number of rotatable bonds is 4. The quantitative estimate of drug-likeness (QED) is 0.878. The van der Waals surface area contributed by atoms with Crippen LogP contribution in [0.5, 0.6) is 0 Å². The van der Waals surface area contributed by atoms with E-state index in [0.29, 0.717) is 23.6 Å². The standard InChI is InChI=1S/C15H18BrClN2O2/c1-3-5-11-15(21)19(12(4-2)14(20)18-11)13-7-6-9(16)8-10(13)17/h6-8,11-12H,3-5H2,1-2H3,(H,18,20). The minimum atomic E-state index is -0.510. The number of nitrogens with one attached hydrogen (secondary N) is 1. The van der Waals surface area contributed by atoms with E-state index in [9.17, 15) is 9.59 Å². The summed E-state index contributed by atoms with van der Waals surface area (Å²) in [7, 11) is 0. The zero-order chi connectivity index (χ0) is 15.6. The number of carbonyl (C=O) groups is 2. The molecule has 0 saturated carbocycles. The average Bonchev–Trinajstić information content (AvgIpc) is 2.43. The molecule has 1 aromatic carbocycles. The molecular weight excluding hydrogens is 356 g/mol. The fraction of sp³-hybridized carbons (Fsp3) is 0.467. The summed E-state index contributed by atoms with van der Waals surface area (Å²) in [6.45, 7) is 3.87. The van der Waals surface area contributed by atoms with Crippen LogP contribution in [0.15, 0.2) is 22.7 Å². The van der Waals surface area contributed by atoms with Gasteiger partial charge in [-0.3, -0.25) is 14.5 Å². The molecule has 2 unspecified atom stereocenters. The highest BCUT2D eigenvalue weighted by molar-refractivity contribution is 9.10. The summed E-state index contributed by atoms with van der Waals surface area (Å²) in [5, 5.41) is 3.28. The summed E-state index contributed by atoms with van der Waals surface area (Å²) < 4.78 is 0.836. The van der Waals surface area contributed by atoms with E-state index in [1.54, 1.807) is 17.0 Å². The molecule has 1 aliphatic rings. The number of hydrogen-bond acceptors (Lipinski definition) is 2. The van der Waals surface area contributed by atoms with Crippen LogP contribution < -0.4 is 10.2 Å². The second-order valence-electron chi connectivity index (χ2n) is 5.08. The van der Waals surface area contributed by atoms with Crippen molar-refractivity contribution < 1.29 is 9.59 Å². The Morgan fingerprint density at radius 1 is 1.33 bits per heavy atom. The number of piperazine rings is 1. The lowest BCUT2D eigenvalue weighted by molar-refractivity contribution is -0.134. The predicted molar refractivity (Wildman–Crippen MR) is 87.6 cm³/mol. The van der Waals surface area contributed by atoms with Crippen molar-refractivity contribution in [3.63, 3.8) is 0 Å². The van der Waals surface area contributed by atoms with Crippen molar-refractivity contribution in [2.24, 2.45) is 0 Å². The lowest BCUT2D eigenvalue weighted by atomic mass is 10.0. The van der Waals surface area contributed by atoms with E-state index in [4.69, 9.17) is 11.6 Å². The van der Waals surface area contributed by atoms with E-state index in [1.165, 1.54) is 0 Å². The lowest BCUT2D eigenvalue weighted by Crippen LogP contribution is -2.63. The van der Waals surface area contributed by atoms with Gasteiger partial charge in [0.2, 0.25) is 11.8 Å². The molecule has 2 atom stereocenters. The van der Waals surface area contributed by atoms with Crippen LogP contribution in [-0.4, -0.2) is 23.9 Å². The number of nitrogens with zero attached hydrogens (tertiary/aromatic N) is 1. The van der Waals surface area contributed by atoms with E-state index in [1.807, 2.05) is 19.9 Å². The maximum atomic E-state index is 12.7.